The quantitative estimate of drug-likeness (QED) is 0.413. The van der Waals surface area contributed by atoms with Crippen molar-refractivity contribution in [2.45, 2.75) is 39.4 Å². The summed E-state index contributed by atoms with van der Waals surface area (Å²) in [5.74, 6) is 0. The summed E-state index contributed by atoms with van der Waals surface area (Å²) < 4.78 is 0. The molecule has 0 aromatic rings. The minimum absolute atomic E-state index is 0. The van der Waals surface area contributed by atoms with Crippen LogP contribution in [0, 0.1) is 6.08 Å². The van der Waals surface area contributed by atoms with Gasteiger partial charge in [-0.15, -0.1) is 6.42 Å². The zero-order valence-corrected chi connectivity index (χ0v) is 13.8. The zero-order valence-electron chi connectivity index (χ0n) is 9.77. The van der Waals surface area contributed by atoms with Crippen LogP contribution in [-0.2, 0) is 21.7 Å². The van der Waals surface area contributed by atoms with Crippen molar-refractivity contribution in [2.75, 3.05) is 0 Å². The molecule has 1 aliphatic rings. The predicted octanol–water partition coefficient (Wildman–Crippen LogP) is -3.45. The summed E-state index contributed by atoms with van der Waals surface area (Å²) in [5.41, 5.74) is 0. The largest absolute Gasteiger partial charge is 3.00 e. The first-order valence-corrected chi connectivity index (χ1v) is 6.91. The van der Waals surface area contributed by atoms with E-state index in [9.17, 15) is 0 Å². The normalized spacial score (nSPS) is 11.1. The first kappa shape index (κ1) is 25.0. The second-order valence-corrected chi connectivity index (χ2v) is 5.59. The summed E-state index contributed by atoms with van der Waals surface area (Å²) in [6.07, 6.45) is 10.0. The smallest absolute Gasteiger partial charge is 1.00 e. The summed E-state index contributed by atoms with van der Waals surface area (Å²) in [7, 11) is -0.184. The van der Waals surface area contributed by atoms with Gasteiger partial charge in [-0.25, -0.2) is 12.2 Å². The molecule has 0 aromatic heterocycles. The second-order valence-electron chi connectivity index (χ2n) is 3.30. The Hall–Kier alpha value is 0.951. The summed E-state index contributed by atoms with van der Waals surface area (Å²) >= 11 is 0. The average molecular weight is 300 g/mol. The molecule has 0 amide bonds. The number of hydrogen-bond acceptors (Lipinski definition) is 1. The molecule has 0 atom stereocenters. The summed E-state index contributed by atoms with van der Waals surface area (Å²) in [6, 6.07) is 0.670. The van der Waals surface area contributed by atoms with E-state index in [4.69, 9.17) is 0 Å². The van der Waals surface area contributed by atoms with Crippen LogP contribution < -0.4 is 29.8 Å². The molecule has 0 bridgehead atoms. The van der Waals surface area contributed by atoms with Crippen LogP contribution in [-0.4, -0.2) is 15.0 Å². The number of nitrogens with one attached hydrogen (secondary N) is 1. The molecule has 0 aromatic carbocycles. The van der Waals surface area contributed by atoms with Gasteiger partial charge in [0, 0.05) is 0 Å². The molecule has 2 radical (unpaired) electrons. The molecule has 0 spiro atoms. The first-order valence-electron chi connectivity index (χ1n) is 4.41. The molecular formula is C10H19Cl2NSiTi. The van der Waals surface area contributed by atoms with Crippen LogP contribution in [0.3, 0.4) is 0 Å². The van der Waals surface area contributed by atoms with Crippen LogP contribution in [0.5, 0.6) is 0 Å². The minimum atomic E-state index is -0.184. The van der Waals surface area contributed by atoms with Gasteiger partial charge >= 0.3 is 21.7 Å². The van der Waals surface area contributed by atoms with E-state index in [-0.39, 0.29) is 55.5 Å². The minimum Gasteiger partial charge on any atom is -1.00 e. The fraction of sp³-hybridized carbons (Fsp3) is 0.600. The van der Waals surface area contributed by atoms with Gasteiger partial charge in [0.25, 0.3) is 0 Å². The van der Waals surface area contributed by atoms with Crippen LogP contribution in [0.4, 0.5) is 0 Å². The van der Waals surface area contributed by atoms with Gasteiger partial charge in [0.1, 0.15) is 8.96 Å². The molecule has 1 rings (SSSR count). The Labute approximate surface area is 124 Å². The Morgan fingerprint density at radius 3 is 1.87 bits per heavy atom. The third kappa shape index (κ3) is 25.3. The Bertz CT molecular complexity index is 146. The zero-order chi connectivity index (χ0) is 9.40. The average Bonchev–Trinajstić information content (AvgIpc) is 2.36. The molecular weight excluding hydrogens is 281 g/mol. The Morgan fingerprint density at radius 1 is 1.27 bits per heavy atom. The number of allylic oxidation sites excluding steroid dienone is 4. The molecule has 0 unspecified atom stereocenters. The fourth-order valence-electron chi connectivity index (χ4n) is 0.918. The number of halogens is 2. The van der Waals surface area contributed by atoms with Gasteiger partial charge in [-0.2, -0.15) is 6.08 Å². The van der Waals surface area contributed by atoms with E-state index in [1.165, 1.54) is 0 Å². The van der Waals surface area contributed by atoms with Crippen molar-refractivity contribution < 1.29 is 46.5 Å². The maximum absolute atomic E-state index is 3.41. The molecule has 86 valence electrons. The number of hydrogen-bond donors (Lipinski definition) is 1. The van der Waals surface area contributed by atoms with E-state index in [0.717, 1.165) is 6.42 Å². The van der Waals surface area contributed by atoms with Gasteiger partial charge < -0.3 is 29.8 Å². The van der Waals surface area contributed by atoms with Gasteiger partial charge in [0.15, 0.2) is 0 Å². The molecule has 0 aliphatic heterocycles. The summed E-state index contributed by atoms with van der Waals surface area (Å²) in [6.45, 7) is 8.87. The monoisotopic (exact) mass is 299 g/mol. The van der Waals surface area contributed by atoms with Gasteiger partial charge in [-0.1, -0.05) is 26.9 Å². The summed E-state index contributed by atoms with van der Waals surface area (Å²) in [5, 5.41) is 0. The predicted molar refractivity (Wildman–Crippen MR) is 57.3 cm³/mol. The third-order valence-electron chi connectivity index (χ3n) is 1.16. The maximum atomic E-state index is 3.41. The third-order valence-corrected chi connectivity index (χ3v) is 2.32. The van der Waals surface area contributed by atoms with Crippen molar-refractivity contribution in [1.29, 1.82) is 0 Å². The van der Waals surface area contributed by atoms with Crippen LogP contribution in [0.1, 0.15) is 20.3 Å². The SMILES string of the molecule is CC(C)N[Si](C)C.[C-]1=CC=CC1.[Cl-].[Cl-].[Ti+3]. The van der Waals surface area contributed by atoms with E-state index < -0.39 is 0 Å². The van der Waals surface area contributed by atoms with Gasteiger partial charge in [0.2, 0.25) is 0 Å². The van der Waals surface area contributed by atoms with E-state index in [0.29, 0.717) is 6.04 Å². The van der Waals surface area contributed by atoms with Gasteiger partial charge in [-0.3, -0.25) is 6.08 Å². The van der Waals surface area contributed by atoms with Crippen LogP contribution >= 0.6 is 0 Å². The topological polar surface area (TPSA) is 12.0 Å². The van der Waals surface area contributed by atoms with Crippen molar-refractivity contribution >= 4 is 8.96 Å². The first-order chi connectivity index (χ1) is 5.63. The van der Waals surface area contributed by atoms with Gasteiger partial charge in [0.05, 0.1) is 0 Å². The van der Waals surface area contributed by atoms with Crippen LogP contribution in [0.25, 0.3) is 0 Å². The van der Waals surface area contributed by atoms with Crippen molar-refractivity contribution in [3.8, 4) is 0 Å². The van der Waals surface area contributed by atoms with Crippen LogP contribution in [0.2, 0.25) is 13.1 Å². The standard InChI is InChI=1S/C5H14NSi.C5H5.2ClH.Ti/c1-5(2)6-7(3)4;1-2-4-5-3-1;;;/h5-6H,1-4H3;1-3H,4H2;2*1H;/q;-1;;;+3/p-2. The second kappa shape index (κ2) is 17.3. The van der Waals surface area contributed by atoms with E-state index >= 15 is 0 Å². The van der Waals surface area contributed by atoms with E-state index in [1.807, 2.05) is 12.2 Å². The number of rotatable bonds is 2. The van der Waals surface area contributed by atoms with Crippen molar-refractivity contribution in [2.24, 2.45) is 0 Å². The molecule has 5 heteroatoms. The van der Waals surface area contributed by atoms with Crippen LogP contribution in [0.15, 0.2) is 18.2 Å². The van der Waals surface area contributed by atoms with E-state index in [1.54, 1.807) is 0 Å². The molecule has 1 N–H and O–H groups in total. The van der Waals surface area contributed by atoms with E-state index in [2.05, 4.69) is 44.1 Å². The molecule has 0 saturated carbocycles. The molecule has 1 nitrogen and oxygen atoms in total. The maximum Gasteiger partial charge on any atom is 3.00 e. The Kier molecular flexibility index (Phi) is 28.9. The van der Waals surface area contributed by atoms with Crippen molar-refractivity contribution in [3.63, 3.8) is 0 Å². The van der Waals surface area contributed by atoms with Crippen molar-refractivity contribution in [3.05, 3.63) is 24.3 Å². The summed E-state index contributed by atoms with van der Waals surface area (Å²) in [4.78, 5) is 3.41. The molecule has 15 heavy (non-hydrogen) atoms. The molecule has 0 saturated heterocycles. The fourth-order valence-corrected chi connectivity index (χ4v) is 2.07. The molecule has 0 heterocycles. The Balaban J connectivity index is -0.0000000687. The molecule has 1 aliphatic carbocycles. The molecule has 0 fully saturated rings. The van der Waals surface area contributed by atoms with Crippen molar-refractivity contribution in [1.82, 2.24) is 4.98 Å². The Morgan fingerprint density at radius 2 is 1.80 bits per heavy atom. The van der Waals surface area contributed by atoms with Gasteiger partial charge in [-0.05, 0) is 6.04 Å².